The minimum absolute atomic E-state index is 0. The minimum atomic E-state index is 0. The molecule has 1 aliphatic rings. The zero-order valence-electron chi connectivity index (χ0n) is 19.8. The predicted molar refractivity (Wildman–Crippen MR) is 139 cm³/mol. The molecule has 2 aromatic rings. The van der Waals surface area contributed by atoms with Crippen molar-refractivity contribution in [2.24, 2.45) is 4.99 Å². The van der Waals surface area contributed by atoms with E-state index >= 15 is 0 Å². The van der Waals surface area contributed by atoms with E-state index < -0.39 is 0 Å². The summed E-state index contributed by atoms with van der Waals surface area (Å²) in [4.78, 5) is 11.9. The first kappa shape index (κ1) is 26.5. The molecule has 1 unspecified atom stereocenters. The van der Waals surface area contributed by atoms with Gasteiger partial charge in [0.05, 0.1) is 13.1 Å². The third-order valence-electron chi connectivity index (χ3n) is 5.67. The van der Waals surface area contributed by atoms with Crippen LogP contribution in [0.15, 0.2) is 29.3 Å². The normalized spacial score (nSPS) is 15.9. The van der Waals surface area contributed by atoms with Crippen LogP contribution in [0.2, 0.25) is 0 Å². The number of methoxy groups -OCH3 is 1. The highest BCUT2D eigenvalue weighted by Gasteiger charge is 2.22. The Labute approximate surface area is 209 Å². The maximum Gasteiger partial charge on any atom is 0.191 e. The molecule has 2 N–H and O–H groups in total. The third-order valence-corrected chi connectivity index (χ3v) is 5.67. The van der Waals surface area contributed by atoms with Gasteiger partial charge in [0.15, 0.2) is 11.8 Å². The van der Waals surface area contributed by atoms with Crippen molar-refractivity contribution in [2.75, 3.05) is 26.7 Å². The quantitative estimate of drug-likeness (QED) is 0.267. The zero-order chi connectivity index (χ0) is 22.1. The van der Waals surface area contributed by atoms with E-state index in [0.29, 0.717) is 13.2 Å². The molecule has 32 heavy (non-hydrogen) atoms. The highest BCUT2D eigenvalue weighted by atomic mass is 127. The summed E-state index contributed by atoms with van der Waals surface area (Å²) in [7, 11) is 1.67. The molecule has 3 rings (SSSR count). The van der Waals surface area contributed by atoms with Crippen molar-refractivity contribution in [3.63, 3.8) is 0 Å². The maximum atomic E-state index is 5.16. The number of benzene rings is 1. The van der Waals surface area contributed by atoms with Crippen molar-refractivity contribution in [1.29, 1.82) is 0 Å². The second-order valence-electron chi connectivity index (χ2n) is 7.86. The van der Waals surface area contributed by atoms with Gasteiger partial charge in [0.1, 0.15) is 12.4 Å². The molecule has 9 heteroatoms. The molecular formula is C23H38IN7O. The number of hydrogen-bond donors (Lipinski definition) is 2. The van der Waals surface area contributed by atoms with E-state index in [1.165, 1.54) is 11.1 Å². The molecule has 1 aromatic heterocycles. The molecule has 8 nitrogen and oxygen atoms in total. The number of aromatic nitrogens is 3. The van der Waals surface area contributed by atoms with Crippen LogP contribution in [0.25, 0.3) is 0 Å². The summed E-state index contributed by atoms with van der Waals surface area (Å²) in [6.45, 7) is 12.3. The SMILES string of the molecule is CCNC(=NCc1ccccc1CN(CC)CC)NC1CCc2nc(COC)nn2C1.I. The Balaban J connectivity index is 0.00000363. The van der Waals surface area contributed by atoms with Crippen LogP contribution in [0.3, 0.4) is 0 Å². The van der Waals surface area contributed by atoms with Crippen LogP contribution in [-0.2, 0) is 37.4 Å². The number of halogens is 1. The monoisotopic (exact) mass is 555 g/mol. The predicted octanol–water partition coefficient (Wildman–Crippen LogP) is 2.95. The van der Waals surface area contributed by atoms with Gasteiger partial charge in [-0.2, -0.15) is 5.10 Å². The number of hydrogen-bond acceptors (Lipinski definition) is 5. The Bertz CT molecular complexity index is 851. The zero-order valence-corrected chi connectivity index (χ0v) is 22.1. The van der Waals surface area contributed by atoms with Crippen LogP contribution in [-0.4, -0.2) is 58.4 Å². The molecular weight excluding hydrogens is 517 g/mol. The molecule has 0 fully saturated rings. The largest absolute Gasteiger partial charge is 0.377 e. The van der Waals surface area contributed by atoms with Crippen LogP contribution in [0, 0.1) is 0 Å². The van der Waals surface area contributed by atoms with Crippen molar-refractivity contribution >= 4 is 29.9 Å². The molecule has 1 aliphatic heterocycles. The van der Waals surface area contributed by atoms with Crippen LogP contribution in [0.1, 0.15) is 50.0 Å². The number of ether oxygens (including phenoxy) is 1. The van der Waals surface area contributed by atoms with E-state index in [4.69, 9.17) is 9.73 Å². The van der Waals surface area contributed by atoms with Gasteiger partial charge < -0.3 is 15.4 Å². The number of nitrogens with one attached hydrogen (secondary N) is 2. The second-order valence-corrected chi connectivity index (χ2v) is 7.86. The van der Waals surface area contributed by atoms with Crippen LogP contribution in [0.5, 0.6) is 0 Å². The Morgan fingerprint density at radius 2 is 1.97 bits per heavy atom. The van der Waals surface area contributed by atoms with Crippen LogP contribution in [0.4, 0.5) is 0 Å². The van der Waals surface area contributed by atoms with Gasteiger partial charge >= 0.3 is 0 Å². The van der Waals surface area contributed by atoms with E-state index in [2.05, 4.69) is 70.7 Å². The first-order chi connectivity index (χ1) is 15.2. The maximum absolute atomic E-state index is 5.16. The number of aryl methyl sites for hydroxylation is 1. The fourth-order valence-corrected chi connectivity index (χ4v) is 3.90. The lowest BCUT2D eigenvalue weighted by molar-refractivity contribution is 0.177. The number of fused-ring (bicyclic) bond motifs is 1. The van der Waals surface area contributed by atoms with E-state index in [1.807, 2.05) is 4.68 Å². The summed E-state index contributed by atoms with van der Waals surface area (Å²) in [5.41, 5.74) is 2.62. The first-order valence-electron chi connectivity index (χ1n) is 11.4. The molecule has 0 saturated heterocycles. The van der Waals surface area contributed by atoms with Crippen molar-refractivity contribution in [3.05, 3.63) is 47.0 Å². The molecule has 0 aliphatic carbocycles. The number of rotatable bonds is 10. The van der Waals surface area contributed by atoms with Gasteiger partial charge in [0, 0.05) is 32.7 Å². The lowest BCUT2D eigenvalue weighted by Crippen LogP contribution is -2.47. The van der Waals surface area contributed by atoms with E-state index in [9.17, 15) is 0 Å². The lowest BCUT2D eigenvalue weighted by Gasteiger charge is -2.25. The van der Waals surface area contributed by atoms with Gasteiger partial charge in [0.2, 0.25) is 0 Å². The molecule has 178 valence electrons. The molecule has 0 amide bonds. The van der Waals surface area contributed by atoms with E-state index in [0.717, 1.165) is 63.2 Å². The number of guanidine groups is 1. The highest BCUT2D eigenvalue weighted by molar-refractivity contribution is 14.0. The van der Waals surface area contributed by atoms with Crippen LogP contribution < -0.4 is 10.6 Å². The Hall–Kier alpha value is -1.72. The molecule has 2 heterocycles. The fourth-order valence-electron chi connectivity index (χ4n) is 3.90. The number of aliphatic imine (C=N–C) groups is 1. The van der Waals surface area contributed by atoms with E-state index in [-0.39, 0.29) is 30.0 Å². The summed E-state index contributed by atoms with van der Waals surface area (Å²) in [5.74, 6) is 2.65. The second kappa shape index (κ2) is 13.7. The lowest BCUT2D eigenvalue weighted by atomic mass is 10.1. The average Bonchev–Trinajstić information content (AvgIpc) is 3.18. The van der Waals surface area contributed by atoms with Gasteiger partial charge in [0.25, 0.3) is 0 Å². The van der Waals surface area contributed by atoms with Crippen molar-refractivity contribution < 1.29 is 4.74 Å². The standard InChI is InChI=1S/C23H37N7O.HI/c1-5-24-23(25-14-18-10-8-9-11-19(18)15-29(6-2)7-3)26-20-12-13-22-27-21(17-31-4)28-30(22)16-20;/h8-11,20H,5-7,12-17H2,1-4H3,(H2,24,25,26);1H. The van der Waals surface area contributed by atoms with Gasteiger partial charge in [-0.05, 0) is 37.6 Å². The van der Waals surface area contributed by atoms with Crippen molar-refractivity contribution in [1.82, 2.24) is 30.3 Å². The highest BCUT2D eigenvalue weighted by Crippen LogP contribution is 2.15. The van der Waals surface area contributed by atoms with Gasteiger partial charge in [-0.3, -0.25) is 4.90 Å². The summed E-state index contributed by atoms with van der Waals surface area (Å²) in [6, 6.07) is 8.89. The molecule has 1 aromatic carbocycles. The Kier molecular flexibility index (Phi) is 11.4. The fraction of sp³-hybridized carbons (Fsp3) is 0.609. The number of nitrogens with zero attached hydrogens (tertiary/aromatic N) is 5. The van der Waals surface area contributed by atoms with Crippen molar-refractivity contribution in [3.8, 4) is 0 Å². The van der Waals surface area contributed by atoms with Crippen LogP contribution >= 0.6 is 24.0 Å². The summed E-state index contributed by atoms with van der Waals surface area (Å²) < 4.78 is 7.16. The molecule has 0 bridgehead atoms. The van der Waals surface area contributed by atoms with Crippen molar-refractivity contribution in [2.45, 2.75) is 65.9 Å². The minimum Gasteiger partial charge on any atom is -0.377 e. The topological polar surface area (TPSA) is 79.6 Å². The first-order valence-corrected chi connectivity index (χ1v) is 11.4. The summed E-state index contributed by atoms with van der Waals surface area (Å²) in [6.07, 6.45) is 1.91. The summed E-state index contributed by atoms with van der Waals surface area (Å²) in [5, 5.41) is 11.6. The van der Waals surface area contributed by atoms with Gasteiger partial charge in [-0.1, -0.05) is 38.1 Å². The average molecular weight is 556 g/mol. The molecule has 1 atom stereocenters. The van der Waals surface area contributed by atoms with Gasteiger partial charge in [-0.15, -0.1) is 24.0 Å². The molecule has 0 saturated carbocycles. The molecule has 0 radical (unpaired) electrons. The van der Waals surface area contributed by atoms with E-state index in [1.54, 1.807) is 7.11 Å². The Morgan fingerprint density at radius 3 is 2.66 bits per heavy atom. The molecule has 0 spiro atoms. The Morgan fingerprint density at radius 1 is 1.22 bits per heavy atom. The smallest absolute Gasteiger partial charge is 0.191 e. The summed E-state index contributed by atoms with van der Waals surface area (Å²) >= 11 is 0. The van der Waals surface area contributed by atoms with Gasteiger partial charge in [-0.25, -0.2) is 14.7 Å². The third kappa shape index (κ3) is 7.41.